The third-order valence-electron chi connectivity index (χ3n) is 1.77. The van der Waals surface area contributed by atoms with Gasteiger partial charge >= 0.3 is 5.97 Å². The molecule has 0 radical (unpaired) electrons. The lowest BCUT2D eigenvalue weighted by Gasteiger charge is -2.10. The molecule has 0 bridgehead atoms. The summed E-state index contributed by atoms with van der Waals surface area (Å²) in [6.45, 7) is 1.95. The highest BCUT2D eigenvalue weighted by Gasteiger charge is 2.16. The molecule has 0 aliphatic heterocycles. The van der Waals surface area contributed by atoms with Crippen molar-refractivity contribution >= 4 is 33.4 Å². The van der Waals surface area contributed by atoms with Crippen LogP contribution in [0.5, 0.6) is 0 Å². The van der Waals surface area contributed by atoms with Crippen LogP contribution in [0.1, 0.15) is 6.92 Å². The molecule has 0 spiro atoms. The van der Waals surface area contributed by atoms with Gasteiger partial charge in [-0.25, -0.2) is 8.42 Å². The predicted molar refractivity (Wildman–Crippen MR) is 67.9 cm³/mol. The minimum atomic E-state index is -3.84. The molecule has 0 fully saturated rings. The van der Waals surface area contributed by atoms with Gasteiger partial charge in [-0.15, -0.1) is 11.8 Å². The van der Waals surface area contributed by atoms with Crippen LogP contribution in [0.15, 0.2) is 29.2 Å². The van der Waals surface area contributed by atoms with Crippen molar-refractivity contribution in [3.63, 3.8) is 0 Å². The zero-order valence-electron chi connectivity index (χ0n) is 9.21. The second-order valence-corrected chi connectivity index (χ2v) is 6.21. The second kappa shape index (κ2) is 5.92. The fourth-order valence-corrected chi connectivity index (χ4v) is 2.93. The van der Waals surface area contributed by atoms with E-state index in [4.69, 9.17) is 5.11 Å². The maximum absolute atomic E-state index is 11.5. The van der Waals surface area contributed by atoms with Crippen LogP contribution in [0.2, 0.25) is 0 Å². The first-order chi connectivity index (χ1) is 7.94. The first kappa shape index (κ1) is 13.9. The van der Waals surface area contributed by atoms with Crippen molar-refractivity contribution in [3.8, 4) is 0 Å². The number of nitrogens with one attached hydrogen (secondary N) is 1. The Balaban J connectivity index is 2.91. The molecule has 2 N–H and O–H groups in total. The summed E-state index contributed by atoms with van der Waals surface area (Å²) >= 11 is 1.49. The predicted octanol–water partition coefficient (Wildman–Crippen LogP) is 1.62. The van der Waals surface area contributed by atoms with Gasteiger partial charge in [0, 0.05) is 4.90 Å². The van der Waals surface area contributed by atoms with Gasteiger partial charge in [0.15, 0.2) is 5.75 Å². The molecular weight excluding hydrogens is 262 g/mol. The van der Waals surface area contributed by atoms with Crippen LogP contribution in [0.25, 0.3) is 0 Å². The van der Waals surface area contributed by atoms with Crippen molar-refractivity contribution in [2.45, 2.75) is 11.8 Å². The topological polar surface area (TPSA) is 83.5 Å². The number of carboxylic acid groups (broad SMARTS) is 1. The fraction of sp³-hybridized carbons (Fsp3) is 0.300. The molecule has 5 nitrogen and oxygen atoms in total. The summed E-state index contributed by atoms with van der Waals surface area (Å²) in [7, 11) is -3.84. The first-order valence-corrected chi connectivity index (χ1v) is 7.52. The number of hydrogen-bond acceptors (Lipinski definition) is 4. The Kier molecular flexibility index (Phi) is 4.83. The van der Waals surface area contributed by atoms with E-state index in [1.807, 2.05) is 6.92 Å². The van der Waals surface area contributed by atoms with Gasteiger partial charge in [-0.1, -0.05) is 19.1 Å². The van der Waals surface area contributed by atoms with E-state index in [-0.39, 0.29) is 0 Å². The quantitative estimate of drug-likeness (QED) is 0.771. The van der Waals surface area contributed by atoms with E-state index >= 15 is 0 Å². The van der Waals surface area contributed by atoms with Crippen molar-refractivity contribution in [2.75, 3.05) is 16.2 Å². The Morgan fingerprint density at radius 3 is 2.65 bits per heavy atom. The minimum absolute atomic E-state index is 0.417. The van der Waals surface area contributed by atoms with Crippen molar-refractivity contribution in [1.82, 2.24) is 0 Å². The normalized spacial score (nSPS) is 11.1. The standard InChI is InChI=1S/C10H13NO4S2/c1-2-16-9-6-4-3-5-8(9)11-17(14,15)7-10(12)13/h3-6,11H,2,7H2,1H3,(H,12,13). The zero-order valence-corrected chi connectivity index (χ0v) is 10.8. The third-order valence-corrected chi connectivity index (χ3v) is 3.88. The van der Waals surface area contributed by atoms with Gasteiger partial charge in [0.25, 0.3) is 0 Å². The molecule has 7 heteroatoms. The van der Waals surface area contributed by atoms with E-state index in [9.17, 15) is 13.2 Å². The van der Waals surface area contributed by atoms with Crippen LogP contribution in [0, 0.1) is 0 Å². The molecular formula is C10H13NO4S2. The van der Waals surface area contributed by atoms with Gasteiger partial charge in [-0.3, -0.25) is 9.52 Å². The molecule has 0 unspecified atom stereocenters. The van der Waals surface area contributed by atoms with Gasteiger partial charge in [0.1, 0.15) is 0 Å². The van der Waals surface area contributed by atoms with E-state index in [2.05, 4.69) is 4.72 Å². The molecule has 1 aromatic rings. The number of benzene rings is 1. The van der Waals surface area contributed by atoms with Crippen LogP contribution in [-0.4, -0.2) is 31.0 Å². The Labute approximate surface area is 104 Å². The van der Waals surface area contributed by atoms with E-state index in [1.54, 1.807) is 24.3 Å². The van der Waals surface area contributed by atoms with Crippen molar-refractivity contribution in [1.29, 1.82) is 0 Å². The number of thioether (sulfide) groups is 1. The first-order valence-electron chi connectivity index (χ1n) is 4.88. The molecule has 17 heavy (non-hydrogen) atoms. The maximum Gasteiger partial charge on any atom is 0.320 e. The lowest BCUT2D eigenvalue weighted by atomic mass is 10.3. The SMILES string of the molecule is CCSc1ccccc1NS(=O)(=O)CC(=O)O. The van der Waals surface area contributed by atoms with Gasteiger partial charge < -0.3 is 5.11 Å². The van der Waals surface area contributed by atoms with Crippen molar-refractivity contribution in [3.05, 3.63) is 24.3 Å². The maximum atomic E-state index is 11.5. The number of anilines is 1. The van der Waals surface area contributed by atoms with Crippen molar-refractivity contribution < 1.29 is 18.3 Å². The summed E-state index contributed by atoms with van der Waals surface area (Å²) in [5, 5.41) is 8.48. The summed E-state index contributed by atoms with van der Waals surface area (Å²) in [6.07, 6.45) is 0. The van der Waals surface area contributed by atoms with Crippen LogP contribution in [0.3, 0.4) is 0 Å². The molecule has 1 aromatic carbocycles. The fourth-order valence-electron chi connectivity index (χ4n) is 1.20. The number of sulfonamides is 1. The van der Waals surface area contributed by atoms with Crippen LogP contribution >= 0.6 is 11.8 Å². The minimum Gasteiger partial charge on any atom is -0.480 e. The smallest absolute Gasteiger partial charge is 0.320 e. The highest BCUT2D eigenvalue weighted by molar-refractivity contribution is 7.99. The molecule has 0 saturated carbocycles. The number of aliphatic carboxylic acids is 1. The summed E-state index contributed by atoms with van der Waals surface area (Å²) in [5.41, 5.74) is 0.417. The number of rotatable bonds is 6. The molecule has 94 valence electrons. The summed E-state index contributed by atoms with van der Waals surface area (Å²) in [6, 6.07) is 6.88. The molecule has 0 heterocycles. The van der Waals surface area contributed by atoms with E-state index in [0.717, 1.165) is 10.6 Å². The largest absolute Gasteiger partial charge is 0.480 e. The lowest BCUT2D eigenvalue weighted by molar-refractivity contribution is -0.134. The van der Waals surface area contributed by atoms with E-state index in [1.165, 1.54) is 11.8 Å². The summed E-state index contributed by atoms with van der Waals surface area (Å²) in [4.78, 5) is 11.2. The number of carboxylic acids is 1. The number of para-hydroxylation sites is 1. The van der Waals surface area contributed by atoms with Gasteiger partial charge in [-0.05, 0) is 17.9 Å². The van der Waals surface area contributed by atoms with Crippen LogP contribution in [-0.2, 0) is 14.8 Å². The van der Waals surface area contributed by atoms with Crippen LogP contribution < -0.4 is 4.72 Å². The molecule has 0 aliphatic rings. The van der Waals surface area contributed by atoms with Crippen LogP contribution in [0.4, 0.5) is 5.69 Å². The number of hydrogen-bond donors (Lipinski definition) is 2. The Bertz CT molecular complexity index is 499. The highest BCUT2D eigenvalue weighted by Crippen LogP contribution is 2.27. The average Bonchev–Trinajstić information content (AvgIpc) is 2.18. The van der Waals surface area contributed by atoms with Gasteiger partial charge in [0.2, 0.25) is 10.0 Å². The number of carbonyl (C=O) groups is 1. The summed E-state index contributed by atoms with van der Waals surface area (Å²) < 4.78 is 25.2. The zero-order chi connectivity index (χ0) is 12.9. The third kappa shape index (κ3) is 4.66. The molecule has 1 rings (SSSR count). The van der Waals surface area contributed by atoms with E-state index in [0.29, 0.717) is 5.69 Å². The van der Waals surface area contributed by atoms with E-state index < -0.39 is 21.7 Å². The second-order valence-electron chi connectivity index (χ2n) is 3.18. The molecule has 0 amide bonds. The monoisotopic (exact) mass is 275 g/mol. The Hall–Kier alpha value is -1.21. The Morgan fingerprint density at radius 1 is 1.41 bits per heavy atom. The molecule has 0 aromatic heterocycles. The van der Waals surface area contributed by atoms with Crippen molar-refractivity contribution in [2.24, 2.45) is 0 Å². The molecule has 0 aliphatic carbocycles. The molecule has 0 saturated heterocycles. The average molecular weight is 275 g/mol. The molecule has 0 atom stereocenters. The van der Waals surface area contributed by atoms with Gasteiger partial charge in [0.05, 0.1) is 5.69 Å². The van der Waals surface area contributed by atoms with Gasteiger partial charge in [-0.2, -0.15) is 0 Å². The highest BCUT2D eigenvalue weighted by atomic mass is 32.2. The summed E-state index contributed by atoms with van der Waals surface area (Å²) in [5.74, 6) is -1.51. The lowest BCUT2D eigenvalue weighted by Crippen LogP contribution is -2.22. The Morgan fingerprint density at radius 2 is 2.06 bits per heavy atom.